The van der Waals surface area contributed by atoms with Gasteiger partial charge in [0.25, 0.3) is 5.91 Å². The maximum absolute atomic E-state index is 13.1. The van der Waals surface area contributed by atoms with Crippen molar-refractivity contribution in [2.24, 2.45) is 0 Å². The van der Waals surface area contributed by atoms with E-state index >= 15 is 0 Å². The summed E-state index contributed by atoms with van der Waals surface area (Å²) in [5, 5.41) is 5.83. The molecule has 0 unspecified atom stereocenters. The molecule has 0 aliphatic carbocycles. The van der Waals surface area contributed by atoms with Gasteiger partial charge in [-0.15, -0.1) is 0 Å². The summed E-state index contributed by atoms with van der Waals surface area (Å²) in [4.78, 5) is 29.5. The third kappa shape index (κ3) is 5.18. The second-order valence-corrected chi connectivity index (χ2v) is 8.43. The van der Waals surface area contributed by atoms with Gasteiger partial charge >= 0.3 is 0 Å². The zero-order chi connectivity index (χ0) is 21.8. The van der Waals surface area contributed by atoms with Crippen LogP contribution in [0.3, 0.4) is 0 Å². The predicted octanol–water partition coefficient (Wildman–Crippen LogP) is 4.93. The van der Waals surface area contributed by atoms with Crippen LogP contribution in [0.25, 0.3) is 10.8 Å². The molecule has 4 rings (SSSR count). The average Bonchev–Trinajstić information content (AvgIpc) is 2.79. The predicted molar refractivity (Wildman–Crippen MR) is 126 cm³/mol. The molecule has 7 heteroatoms. The van der Waals surface area contributed by atoms with Gasteiger partial charge in [0, 0.05) is 49.7 Å². The van der Waals surface area contributed by atoms with E-state index in [2.05, 4.69) is 10.2 Å². The second kappa shape index (κ2) is 9.69. The molecule has 31 heavy (non-hydrogen) atoms. The first kappa shape index (κ1) is 21.6. The van der Waals surface area contributed by atoms with Crippen LogP contribution < -0.4 is 5.32 Å². The Kier molecular flexibility index (Phi) is 6.76. The Hall–Kier alpha value is -2.60. The van der Waals surface area contributed by atoms with Crippen molar-refractivity contribution in [1.29, 1.82) is 0 Å². The van der Waals surface area contributed by atoms with Gasteiger partial charge in [0.1, 0.15) is 0 Å². The molecule has 3 aromatic carbocycles. The van der Waals surface area contributed by atoms with Gasteiger partial charge in [0.2, 0.25) is 5.91 Å². The first-order valence-corrected chi connectivity index (χ1v) is 11.0. The zero-order valence-electron chi connectivity index (χ0n) is 17.0. The minimum absolute atomic E-state index is 0.0600. The number of nitrogens with one attached hydrogen (secondary N) is 1. The normalized spacial score (nSPS) is 14.6. The summed E-state index contributed by atoms with van der Waals surface area (Å²) in [6.45, 7) is 3.39. The third-order valence-electron chi connectivity index (χ3n) is 5.54. The lowest BCUT2D eigenvalue weighted by Gasteiger charge is -2.34. The molecule has 3 aromatic rings. The summed E-state index contributed by atoms with van der Waals surface area (Å²) < 4.78 is 0. The monoisotopic (exact) mass is 455 g/mol. The molecular weight excluding hydrogens is 433 g/mol. The van der Waals surface area contributed by atoms with E-state index in [-0.39, 0.29) is 11.8 Å². The van der Waals surface area contributed by atoms with E-state index in [1.165, 1.54) is 0 Å². The van der Waals surface area contributed by atoms with Crippen molar-refractivity contribution in [1.82, 2.24) is 9.80 Å². The van der Waals surface area contributed by atoms with E-state index in [1.807, 2.05) is 47.4 Å². The van der Waals surface area contributed by atoms with Gasteiger partial charge in [0.05, 0.1) is 10.7 Å². The standard InChI is InChI=1S/C24H23Cl2N3O2/c25-18-8-9-21(26)22(16-18)27-23(30)10-11-28-12-14-29(15-13-28)24(31)20-7-3-5-17-4-1-2-6-19(17)20/h1-9,16H,10-15H2,(H,27,30). The molecule has 1 aliphatic heterocycles. The minimum atomic E-state index is -0.113. The first-order valence-electron chi connectivity index (χ1n) is 10.3. The first-order chi connectivity index (χ1) is 15.0. The lowest BCUT2D eigenvalue weighted by Crippen LogP contribution is -2.49. The van der Waals surface area contributed by atoms with Crippen LogP contribution in [0.4, 0.5) is 5.69 Å². The van der Waals surface area contributed by atoms with Crippen molar-refractivity contribution in [2.45, 2.75) is 6.42 Å². The number of carbonyl (C=O) groups is 2. The van der Waals surface area contributed by atoms with E-state index in [0.29, 0.717) is 41.8 Å². The maximum atomic E-state index is 13.1. The van der Waals surface area contributed by atoms with Crippen LogP contribution in [0, 0.1) is 0 Å². The molecular formula is C24H23Cl2N3O2. The summed E-state index contributed by atoms with van der Waals surface area (Å²) in [7, 11) is 0. The summed E-state index contributed by atoms with van der Waals surface area (Å²) >= 11 is 12.1. The molecule has 1 saturated heterocycles. The van der Waals surface area contributed by atoms with Crippen LogP contribution >= 0.6 is 23.2 Å². The number of hydrogen-bond acceptors (Lipinski definition) is 3. The van der Waals surface area contributed by atoms with E-state index in [9.17, 15) is 9.59 Å². The van der Waals surface area contributed by atoms with Crippen molar-refractivity contribution in [3.63, 3.8) is 0 Å². The summed E-state index contributed by atoms with van der Waals surface area (Å²) in [5.41, 5.74) is 1.26. The van der Waals surface area contributed by atoms with Gasteiger partial charge in [0.15, 0.2) is 0 Å². The van der Waals surface area contributed by atoms with Gasteiger partial charge in [-0.1, -0.05) is 59.6 Å². The molecule has 2 amide bonds. The number of piperazine rings is 1. The lowest BCUT2D eigenvalue weighted by molar-refractivity contribution is -0.116. The highest BCUT2D eigenvalue weighted by atomic mass is 35.5. The highest BCUT2D eigenvalue weighted by Crippen LogP contribution is 2.25. The molecule has 0 aromatic heterocycles. The number of nitrogens with zero attached hydrogens (tertiary/aromatic N) is 2. The van der Waals surface area contributed by atoms with Crippen LogP contribution in [0.5, 0.6) is 0 Å². The Labute approximate surface area is 191 Å². The minimum Gasteiger partial charge on any atom is -0.336 e. The largest absolute Gasteiger partial charge is 0.336 e. The number of rotatable bonds is 5. The molecule has 160 valence electrons. The van der Waals surface area contributed by atoms with Crippen molar-refractivity contribution < 1.29 is 9.59 Å². The number of benzene rings is 3. The average molecular weight is 456 g/mol. The van der Waals surface area contributed by atoms with Crippen LogP contribution in [0.1, 0.15) is 16.8 Å². The van der Waals surface area contributed by atoms with Crippen molar-refractivity contribution in [3.8, 4) is 0 Å². The van der Waals surface area contributed by atoms with Crippen LogP contribution in [-0.2, 0) is 4.79 Å². The summed E-state index contributed by atoms with van der Waals surface area (Å²) in [6.07, 6.45) is 0.347. The molecule has 1 fully saturated rings. The summed E-state index contributed by atoms with van der Waals surface area (Å²) in [5.74, 6) is -0.0526. The molecule has 0 radical (unpaired) electrons. The molecule has 5 nitrogen and oxygen atoms in total. The number of fused-ring (bicyclic) bond motifs is 1. The van der Waals surface area contributed by atoms with Crippen molar-refractivity contribution in [2.75, 3.05) is 38.0 Å². The van der Waals surface area contributed by atoms with Crippen molar-refractivity contribution >= 4 is 51.5 Å². The lowest BCUT2D eigenvalue weighted by atomic mass is 10.0. The van der Waals surface area contributed by atoms with E-state index < -0.39 is 0 Å². The van der Waals surface area contributed by atoms with Gasteiger partial charge in [-0.2, -0.15) is 0 Å². The van der Waals surface area contributed by atoms with Crippen molar-refractivity contribution in [3.05, 3.63) is 76.3 Å². The Morgan fingerprint density at radius 3 is 2.45 bits per heavy atom. The quantitative estimate of drug-likeness (QED) is 0.592. The molecule has 0 spiro atoms. The maximum Gasteiger partial charge on any atom is 0.254 e. The van der Waals surface area contributed by atoms with E-state index in [1.54, 1.807) is 18.2 Å². The van der Waals surface area contributed by atoms with E-state index in [4.69, 9.17) is 23.2 Å². The Morgan fingerprint density at radius 2 is 1.65 bits per heavy atom. The van der Waals surface area contributed by atoms with Crippen LogP contribution in [0.2, 0.25) is 10.0 Å². The number of carbonyl (C=O) groups excluding carboxylic acids is 2. The third-order valence-corrected chi connectivity index (χ3v) is 6.10. The molecule has 1 heterocycles. The number of amides is 2. The fourth-order valence-corrected chi connectivity index (χ4v) is 4.16. The fraction of sp³-hybridized carbons (Fsp3) is 0.250. The van der Waals surface area contributed by atoms with Crippen LogP contribution in [-0.4, -0.2) is 54.3 Å². The zero-order valence-corrected chi connectivity index (χ0v) is 18.5. The second-order valence-electron chi connectivity index (χ2n) is 7.58. The fourth-order valence-electron chi connectivity index (χ4n) is 3.82. The molecule has 0 bridgehead atoms. The van der Waals surface area contributed by atoms with Gasteiger partial charge < -0.3 is 10.2 Å². The highest BCUT2D eigenvalue weighted by molar-refractivity contribution is 6.35. The van der Waals surface area contributed by atoms with Crippen LogP contribution in [0.15, 0.2) is 60.7 Å². The SMILES string of the molecule is O=C(CCN1CCN(C(=O)c2cccc3ccccc23)CC1)Nc1cc(Cl)ccc1Cl. The highest BCUT2D eigenvalue weighted by Gasteiger charge is 2.23. The molecule has 1 N–H and O–H groups in total. The Morgan fingerprint density at radius 1 is 0.903 bits per heavy atom. The summed E-state index contributed by atoms with van der Waals surface area (Å²) in [6, 6.07) is 18.8. The number of halogens is 2. The number of hydrogen-bond donors (Lipinski definition) is 1. The van der Waals surface area contributed by atoms with Gasteiger partial charge in [-0.25, -0.2) is 0 Å². The van der Waals surface area contributed by atoms with Gasteiger partial charge in [-0.3, -0.25) is 14.5 Å². The Balaban J connectivity index is 1.29. The molecule has 0 saturated carbocycles. The molecule has 0 atom stereocenters. The molecule has 1 aliphatic rings. The number of anilines is 1. The van der Waals surface area contributed by atoms with Gasteiger partial charge in [-0.05, 0) is 35.0 Å². The smallest absolute Gasteiger partial charge is 0.254 e. The van der Waals surface area contributed by atoms with E-state index in [0.717, 1.165) is 29.4 Å². The Bertz CT molecular complexity index is 1110. The topological polar surface area (TPSA) is 52.7 Å².